The summed E-state index contributed by atoms with van der Waals surface area (Å²) >= 11 is 0. The molecule has 0 N–H and O–H groups in total. The van der Waals surface area contributed by atoms with Gasteiger partial charge in [-0.25, -0.2) is 0 Å². The van der Waals surface area contributed by atoms with Crippen molar-refractivity contribution in [2.75, 3.05) is 4.90 Å². The van der Waals surface area contributed by atoms with E-state index < -0.39 is 0 Å². The number of hydrogen-bond donors (Lipinski definition) is 0. The van der Waals surface area contributed by atoms with Crippen LogP contribution in [-0.4, -0.2) is 4.57 Å². The molecule has 0 saturated heterocycles. The third-order valence-corrected chi connectivity index (χ3v) is 14.4. The molecule has 10 aromatic rings. The van der Waals surface area contributed by atoms with Gasteiger partial charge < -0.3 is 9.47 Å². The summed E-state index contributed by atoms with van der Waals surface area (Å²) in [7, 11) is 0. The number of allylic oxidation sites excluding steroid dienone is 6. The van der Waals surface area contributed by atoms with Crippen LogP contribution in [0.25, 0.3) is 77.6 Å². The Balaban J connectivity index is 0.953. The van der Waals surface area contributed by atoms with Gasteiger partial charge >= 0.3 is 0 Å². The molecule has 1 heterocycles. The Hall–Kier alpha value is -8.20. The van der Waals surface area contributed by atoms with Gasteiger partial charge in [0.05, 0.1) is 11.0 Å². The van der Waals surface area contributed by atoms with Gasteiger partial charge in [-0.2, -0.15) is 0 Å². The average molecular weight is 873 g/mol. The van der Waals surface area contributed by atoms with E-state index in [0.717, 1.165) is 28.3 Å². The van der Waals surface area contributed by atoms with Crippen molar-refractivity contribution in [3.63, 3.8) is 0 Å². The molecule has 2 heteroatoms. The highest BCUT2D eigenvalue weighted by Gasteiger charge is 2.38. The highest BCUT2D eigenvalue weighted by atomic mass is 15.1. The predicted molar refractivity (Wildman–Crippen MR) is 289 cm³/mol. The summed E-state index contributed by atoms with van der Waals surface area (Å²) in [5.74, 6) is 0.936. The number of fused-ring (bicyclic) bond motifs is 4. The lowest BCUT2D eigenvalue weighted by Gasteiger charge is -2.42. The number of benzene rings is 9. The van der Waals surface area contributed by atoms with E-state index in [4.69, 9.17) is 0 Å². The molecule has 12 rings (SSSR count). The van der Waals surface area contributed by atoms with Crippen LogP contribution in [0.1, 0.15) is 25.8 Å². The molecule has 2 nitrogen and oxygen atoms in total. The van der Waals surface area contributed by atoms with Crippen LogP contribution in [0.4, 0.5) is 17.1 Å². The van der Waals surface area contributed by atoms with E-state index in [1.165, 1.54) is 78.3 Å². The number of anilines is 3. The first kappa shape index (κ1) is 41.2. The molecule has 0 saturated carbocycles. The number of nitrogens with zero attached hydrogens (tertiary/aromatic N) is 2. The molecule has 0 bridgehead atoms. The molecule has 0 fully saturated rings. The van der Waals surface area contributed by atoms with E-state index >= 15 is 0 Å². The molecule has 2 aliphatic rings. The van der Waals surface area contributed by atoms with Gasteiger partial charge in [-0.05, 0) is 122 Å². The zero-order chi connectivity index (χ0) is 45.6. The molecule has 0 aliphatic heterocycles. The van der Waals surface area contributed by atoms with Crippen molar-refractivity contribution in [1.29, 1.82) is 0 Å². The van der Waals surface area contributed by atoms with Crippen LogP contribution < -0.4 is 4.90 Å². The topological polar surface area (TPSA) is 8.17 Å². The standard InChI is InChI=1S/C66H52N2/c1-46-43-61(62-28-12-13-42-66(62,2)45-46)52-32-30-48(31-33-52)50-36-40-56(41-37-50)67(55-38-34-49(35-39-55)47-17-6-3-7-18-47)57-24-14-21-53(44-57)58-25-16-29-63-64(58)60-27-15-26-59(51-19-8-4-9-20-51)65(60)68(63)54-22-10-5-11-23-54/h3-44,46,62H,45H2,1-2H3. The molecule has 3 unspecified atom stereocenters. The molecule has 0 spiro atoms. The lowest BCUT2D eigenvalue weighted by molar-refractivity contribution is 0.286. The van der Waals surface area contributed by atoms with E-state index in [1.807, 2.05) is 0 Å². The lowest BCUT2D eigenvalue weighted by Crippen LogP contribution is -2.32. The van der Waals surface area contributed by atoms with Gasteiger partial charge in [0.2, 0.25) is 0 Å². The first-order valence-corrected chi connectivity index (χ1v) is 24.0. The fraction of sp³-hybridized carbons (Fsp3) is 0.0909. The van der Waals surface area contributed by atoms with Crippen LogP contribution in [0.15, 0.2) is 255 Å². The normalized spacial score (nSPS) is 17.5. The Kier molecular flexibility index (Phi) is 10.4. The van der Waals surface area contributed by atoms with Crippen molar-refractivity contribution >= 4 is 44.4 Å². The molecule has 68 heavy (non-hydrogen) atoms. The van der Waals surface area contributed by atoms with Crippen molar-refractivity contribution in [3.8, 4) is 50.2 Å². The largest absolute Gasteiger partial charge is 0.310 e. The zero-order valence-electron chi connectivity index (χ0n) is 38.5. The second-order valence-electron chi connectivity index (χ2n) is 18.9. The molecular formula is C66H52N2. The van der Waals surface area contributed by atoms with Crippen molar-refractivity contribution in [2.45, 2.75) is 20.3 Å². The predicted octanol–water partition coefficient (Wildman–Crippen LogP) is 18.1. The van der Waals surface area contributed by atoms with E-state index in [2.05, 4.69) is 278 Å². The van der Waals surface area contributed by atoms with E-state index in [1.54, 1.807) is 0 Å². The van der Waals surface area contributed by atoms with Gasteiger partial charge in [0.25, 0.3) is 0 Å². The van der Waals surface area contributed by atoms with Gasteiger partial charge in [0.15, 0.2) is 0 Å². The third-order valence-electron chi connectivity index (χ3n) is 14.4. The minimum absolute atomic E-state index is 0.155. The van der Waals surface area contributed by atoms with E-state index in [0.29, 0.717) is 11.8 Å². The van der Waals surface area contributed by atoms with Crippen LogP contribution in [0.5, 0.6) is 0 Å². The highest BCUT2D eigenvalue weighted by Crippen LogP contribution is 2.50. The Bertz CT molecular complexity index is 3520. The first-order chi connectivity index (χ1) is 33.5. The molecular weight excluding hydrogens is 821 g/mol. The molecule has 1 aromatic heterocycles. The summed E-state index contributed by atoms with van der Waals surface area (Å²) in [5.41, 5.74) is 19.3. The van der Waals surface area contributed by atoms with Crippen LogP contribution in [0, 0.1) is 17.3 Å². The molecule has 326 valence electrons. The fourth-order valence-corrected chi connectivity index (χ4v) is 11.3. The van der Waals surface area contributed by atoms with Gasteiger partial charge in [-0.1, -0.05) is 214 Å². The van der Waals surface area contributed by atoms with Crippen molar-refractivity contribution in [3.05, 3.63) is 260 Å². The van der Waals surface area contributed by atoms with Crippen LogP contribution in [0.2, 0.25) is 0 Å². The first-order valence-electron chi connectivity index (χ1n) is 24.0. The SMILES string of the molecule is CC1C=C(c2ccc(-c3ccc(N(c4ccc(-c5ccccc5)cc4)c4cccc(-c5cccc6c5c5cccc(-c7ccccc7)c5n6-c5ccccc5)c4)cc3)cc2)C2C=CC=CC2(C)C1. The molecule has 9 aromatic carbocycles. The van der Waals surface area contributed by atoms with Gasteiger partial charge in [-0.15, -0.1) is 0 Å². The van der Waals surface area contributed by atoms with Gasteiger partial charge in [0.1, 0.15) is 0 Å². The maximum absolute atomic E-state index is 2.50. The summed E-state index contributed by atoms with van der Waals surface area (Å²) < 4.78 is 2.45. The van der Waals surface area contributed by atoms with Gasteiger partial charge in [0, 0.05) is 45.0 Å². The summed E-state index contributed by atoms with van der Waals surface area (Å²) in [4.78, 5) is 2.39. The quantitative estimate of drug-likeness (QED) is 0.140. The average Bonchev–Trinajstić information content (AvgIpc) is 3.74. The van der Waals surface area contributed by atoms with Crippen LogP contribution in [-0.2, 0) is 0 Å². The maximum Gasteiger partial charge on any atom is 0.0619 e. The molecule has 2 aliphatic carbocycles. The smallest absolute Gasteiger partial charge is 0.0619 e. The molecule has 0 radical (unpaired) electrons. The third kappa shape index (κ3) is 7.39. The second-order valence-corrected chi connectivity index (χ2v) is 18.9. The van der Waals surface area contributed by atoms with E-state index in [9.17, 15) is 0 Å². The number of aromatic nitrogens is 1. The number of rotatable bonds is 9. The summed E-state index contributed by atoms with van der Waals surface area (Å²) in [5, 5.41) is 2.47. The van der Waals surface area contributed by atoms with Crippen molar-refractivity contribution in [1.82, 2.24) is 4.57 Å². The molecule has 3 atom stereocenters. The van der Waals surface area contributed by atoms with Crippen molar-refractivity contribution in [2.24, 2.45) is 17.3 Å². The minimum Gasteiger partial charge on any atom is -0.310 e. The Morgan fingerprint density at radius 1 is 0.471 bits per heavy atom. The number of para-hydroxylation sites is 2. The number of hydrogen-bond acceptors (Lipinski definition) is 1. The Labute approximate surface area is 400 Å². The fourth-order valence-electron chi connectivity index (χ4n) is 11.3. The monoisotopic (exact) mass is 872 g/mol. The summed E-state index contributed by atoms with van der Waals surface area (Å²) in [6, 6.07) is 82.1. The molecule has 0 amide bonds. The van der Waals surface area contributed by atoms with Crippen molar-refractivity contribution < 1.29 is 0 Å². The maximum atomic E-state index is 2.50. The highest BCUT2D eigenvalue weighted by molar-refractivity contribution is 6.19. The van der Waals surface area contributed by atoms with Crippen LogP contribution in [0.3, 0.4) is 0 Å². The minimum atomic E-state index is 0.155. The zero-order valence-corrected chi connectivity index (χ0v) is 38.5. The summed E-state index contributed by atoms with van der Waals surface area (Å²) in [6.07, 6.45) is 12.9. The lowest BCUT2D eigenvalue weighted by atomic mass is 9.62. The summed E-state index contributed by atoms with van der Waals surface area (Å²) in [6.45, 7) is 4.77. The Morgan fingerprint density at radius 2 is 1.01 bits per heavy atom. The van der Waals surface area contributed by atoms with Gasteiger partial charge in [-0.3, -0.25) is 0 Å². The second kappa shape index (κ2) is 17.2. The van der Waals surface area contributed by atoms with Crippen LogP contribution >= 0.6 is 0 Å². The van der Waals surface area contributed by atoms with E-state index in [-0.39, 0.29) is 5.41 Å². The Morgan fingerprint density at radius 3 is 1.69 bits per heavy atom.